The third-order valence-corrected chi connectivity index (χ3v) is 3.92. The molecule has 6 nitrogen and oxygen atoms in total. The number of nitrogens with one attached hydrogen (secondary N) is 2. The van der Waals surface area contributed by atoms with Crippen molar-refractivity contribution in [2.24, 2.45) is 5.10 Å². The van der Waals surface area contributed by atoms with Gasteiger partial charge in [0.15, 0.2) is 0 Å². The Morgan fingerprint density at radius 2 is 1.80 bits per heavy atom. The number of rotatable bonds is 5. The molecule has 0 spiro atoms. The van der Waals surface area contributed by atoms with Gasteiger partial charge >= 0.3 is 0 Å². The number of para-hydroxylation sites is 1. The number of amides is 1. The molecule has 0 fully saturated rings. The predicted molar refractivity (Wildman–Crippen MR) is 97.6 cm³/mol. The minimum atomic E-state index is -0.342. The van der Waals surface area contributed by atoms with Crippen LogP contribution in [0.15, 0.2) is 47.6 Å². The fraction of sp³-hybridized carbons (Fsp3) is 0.158. The van der Waals surface area contributed by atoms with E-state index in [2.05, 4.69) is 15.5 Å². The molecule has 0 radical (unpaired) electrons. The molecule has 0 bridgehead atoms. The van der Waals surface area contributed by atoms with E-state index in [0.717, 1.165) is 22.2 Å². The highest BCUT2D eigenvalue weighted by atomic mass is 16.5. The molecule has 3 aromatic rings. The van der Waals surface area contributed by atoms with Crippen LogP contribution in [0, 0.1) is 6.92 Å². The van der Waals surface area contributed by atoms with Gasteiger partial charge < -0.3 is 14.5 Å². The lowest BCUT2D eigenvalue weighted by atomic mass is 10.1. The van der Waals surface area contributed by atoms with Gasteiger partial charge in [0.1, 0.15) is 11.5 Å². The van der Waals surface area contributed by atoms with E-state index >= 15 is 0 Å². The molecule has 128 valence electrons. The van der Waals surface area contributed by atoms with Gasteiger partial charge in [0.2, 0.25) is 0 Å². The lowest BCUT2D eigenvalue weighted by Crippen LogP contribution is -2.17. The molecule has 0 aliphatic heterocycles. The minimum Gasteiger partial charge on any atom is -0.497 e. The van der Waals surface area contributed by atoms with Gasteiger partial charge in [0.05, 0.1) is 20.4 Å². The summed E-state index contributed by atoms with van der Waals surface area (Å²) in [5.74, 6) is 0.743. The zero-order chi connectivity index (χ0) is 17.8. The minimum absolute atomic E-state index is 0.342. The number of hydrogen-bond donors (Lipinski definition) is 2. The van der Waals surface area contributed by atoms with Crippen LogP contribution in [0.1, 0.15) is 21.6 Å². The van der Waals surface area contributed by atoms with E-state index in [-0.39, 0.29) is 5.91 Å². The second-order valence-electron chi connectivity index (χ2n) is 5.51. The first kappa shape index (κ1) is 16.6. The monoisotopic (exact) mass is 337 g/mol. The van der Waals surface area contributed by atoms with Crippen molar-refractivity contribution >= 4 is 23.0 Å². The van der Waals surface area contributed by atoms with Crippen molar-refractivity contribution in [1.82, 2.24) is 10.4 Å². The predicted octanol–water partition coefficient (Wildman–Crippen LogP) is 3.26. The topological polar surface area (TPSA) is 75.7 Å². The molecule has 25 heavy (non-hydrogen) atoms. The lowest BCUT2D eigenvalue weighted by molar-refractivity contribution is 0.0954. The van der Waals surface area contributed by atoms with Crippen molar-refractivity contribution in [3.63, 3.8) is 0 Å². The number of aromatic nitrogens is 1. The van der Waals surface area contributed by atoms with Gasteiger partial charge in [-0.1, -0.05) is 18.2 Å². The molecule has 1 heterocycles. The number of benzene rings is 2. The number of aromatic amines is 1. The third kappa shape index (κ3) is 3.47. The fourth-order valence-corrected chi connectivity index (χ4v) is 2.62. The van der Waals surface area contributed by atoms with Crippen LogP contribution in [-0.2, 0) is 0 Å². The van der Waals surface area contributed by atoms with E-state index in [1.807, 2.05) is 31.2 Å². The van der Waals surface area contributed by atoms with Crippen LogP contribution < -0.4 is 14.9 Å². The first-order valence-corrected chi connectivity index (χ1v) is 7.76. The number of nitrogens with zero attached hydrogens (tertiary/aromatic N) is 1. The normalized spacial score (nSPS) is 11.0. The Kier molecular flexibility index (Phi) is 4.70. The molecule has 0 unspecified atom stereocenters. The number of hydrogen-bond acceptors (Lipinski definition) is 4. The van der Waals surface area contributed by atoms with Gasteiger partial charge in [-0.05, 0) is 25.1 Å². The molecule has 2 N–H and O–H groups in total. The summed E-state index contributed by atoms with van der Waals surface area (Å²) in [5.41, 5.74) is 5.91. The summed E-state index contributed by atoms with van der Waals surface area (Å²) in [6.07, 6.45) is 1.64. The molecule has 0 atom stereocenters. The number of aryl methyl sites for hydroxylation is 1. The largest absolute Gasteiger partial charge is 0.497 e. The van der Waals surface area contributed by atoms with Crippen molar-refractivity contribution in [1.29, 1.82) is 0 Å². The van der Waals surface area contributed by atoms with Crippen LogP contribution >= 0.6 is 0 Å². The Labute approximate surface area is 145 Å². The Hall–Kier alpha value is -3.28. The number of carbonyl (C=O) groups is 1. The van der Waals surface area contributed by atoms with Crippen LogP contribution in [0.4, 0.5) is 0 Å². The smallest absolute Gasteiger partial charge is 0.271 e. The Balaban J connectivity index is 1.80. The zero-order valence-corrected chi connectivity index (χ0v) is 14.3. The SMILES string of the molecule is COc1cc(OC)cc(C(=O)NN=Cc2c(C)[nH]c3ccccc23)c1. The van der Waals surface area contributed by atoms with Gasteiger partial charge in [-0.2, -0.15) is 5.10 Å². The van der Waals surface area contributed by atoms with E-state index in [4.69, 9.17) is 9.47 Å². The first-order chi connectivity index (χ1) is 12.1. The molecule has 0 saturated carbocycles. The molecule has 1 amide bonds. The Morgan fingerprint density at radius 3 is 2.48 bits per heavy atom. The van der Waals surface area contributed by atoms with Gasteiger partial charge in [0, 0.05) is 33.8 Å². The summed E-state index contributed by atoms with van der Waals surface area (Å²) < 4.78 is 10.3. The zero-order valence-electron chi connectivity index (χ0n) is 14.3. The molecule has 0 aliphatic rings. The van der Waals surface area contributed by atoms with Crippen molar-refractivity contribution < 1.29 is 14.3 Å². The summed E-state index contributed by atoms with van der Waals surface area (Å²) in [6, 6.07) is 12.9. The number of H-pyrrole nitrogens is 1. The van der Waals surface area contributed by atoms with Crippen molar-refractivity contribution in [3.8, 4) is 11.5 Å². The van der Waals surface area contributed by atoms with Crippen LogP contribution in [0.2, 0.25) is 0 Å². The second kappa shape index (κ2) is 7.09. The molecular weight excluding hydrogens is 318 g/mol. The van der Waals surface area contributed by atoms with Crippen LogP contribution in [-0.4, -0.2) is 31.3 Å². The maximum atomic E-state index is 12.3. The van der Waals surface area contributed by atoms with E-state index in [1.165, 1.54) is 14.2 Å². The van der Waals surface area contributed by atoms with Crippen molar-refractivity contribution in [2.45, 2.75) is 6.92 Å². The number of hydrazone groups is 1. The molecule has 0 saturated heterocycles. The molecule has 2 aromatic carbocycles. The summed E-state index contributed by atoms with van der Waals surface area (Å²) in [4.78, 5) is 15.6. The number of carbonyl (C=O) groups excluding carboxylic acids is 1. The summed E-state index contributed by atoms with van der Waals surface area (Å²) in [6.45, 7) is 1.97. The third-order valence-electron chi connectivity index (χ3n) is 3.92. The maximum absolute atomic E-state index is 12.3. The number of fused-ring (bicyclic) bond motifs is 1. The highest BCUT2D eigenvalue weighted by Crippen LogP contribution is 2.22. The van der Waals surface area contributed by atoms with E-state index in [1.54, 1.807) is 24.4 Å². The fourth-order valence-electron chi connectivity index (χ4n) is 2.62. The maximum Gasteiger partial charge on any atom is 0.271 e. The second-order valence-corrected chi connectivity index (χ2v) is 5.51. The standard InChI is InChI=1S/C19H19N3O3/c1-12-17(16-6-4-5-7-18(16)21-12)11-20-22-19(23)13-8-14(24-2)10-15(9-13)25-3/h4-11,21H,1-3H3,(H,22,23). The van der Waals surface area contributed by atoms with Crippen LogP contribution in [0.3, 0.4) is 0 Å². The van der Waals surface area contributed by atoms with Crippen LogP contribution in [0.5, 0.6) is 11.5 Å². The molecular formula is C19H19N3O3. The van der Waals surface area contributed by atoms with E-state index in [9.17, 15) is 4.79 Å². The summed E-state index contributed by atoms with van der Waals surface area (Å²) in [5, 5.41) is 5.14. The summed E-state index contributed by atoms with van der Waals surface area (Å²) >= 11 is 0. The van der Waals surface area contributed by atoms with Gasteiger partial charge in [-0.15, -0.1) is 0 Å². The Bertz CT molecular complexity index is 922. The van der Waals surface area contributed by atoms with Crippen molar-refractivity contribution in [3.05, 3.63) is 59.3 Å². The number of methoxy groups -OCH3 is 2. The van der Waals surface area contributed by atoms with Crippen LogP contribution in [0.25, 0.3) is 10.9 Å². The molecule has 1 aromatic heterocycles. The lowest BCUT2D eigenvalue weighted by Gasteiger charge is -2.07. The van der Waals surface area contributed by atoms with E-state index in [0.29, 0.717) is 17.1 Å². The molecule has 6 heteroatoms. The average molecular weight is 337 g/mol. The Morgan fingerprint density at radius 1 is 1.12 bits per heavy atom. The molecule has 0 aliphatic carbocycles. The van der Waals surface area contributed by atoms with E-state index < -0.39 is 0 Å². The first-order valence-electron chi connectivity index (χ1n) is 7.76. The quantitative estimate of drug-likeness (QED) is 0.554. The highest BCUT2D eigenvalue weighted by molar-refractivity contribution is 6.01. The average Bonchev–Trinajstić information content (AvgIpc) is 2.96. The van der Waals surface area contributed by atoms with Crippen molar-refractivity contribution in [2.75, 3.05) is 14.2 Å². The number of ether oxygens (including phenoxy) is 2. The van der Waals surface area contributed by atoms with Gasteiger partial charge in [0.25, 0.3) is 5.91 Å². The van der Waals surface area contributed by atoms with Gasteiger partial charge in [-0.3, -0.25) is 4.79 Å². The highest BCUT2D eigenvalue weighted by Gasteiger charge is 2.10. The molecule has 3 rings (SSSR count). The van der Waals surface area contributed by atoms with Gasteiger partial charge in [-0.25, -0.2) is 5.43 Å². The summed E-state index contributed by atoms with van der Waals surface area (Å²) in [7, 11) is 3.07.